The highest BCUT2D eigenvalue weighted by Gasteiger charge is 2.17. The van der Waals surface area contributed by atoms with Crippen molar-refractivity contribution in [2.45, 2.75) is 30.7 Å². The van der Waals surface area contributed by atoms with E-state index in [4.69, 9.17) is 21.1 Å². The van der Waals surface area contributed by atoms with Crippen LogP contribution in [-0.2, 0) is 16.1 Å². The van der Waals surface area contributed by atoms with Crippen LogP contribution < -0.4 is 11.1 Å². The molecule has 1 aromatic rings. The summed E-state index contributed by atoms with van der Waals surface area (Å²) in [6.07, 6.45) is 2.18. The van der Waals surface area contributed by atoms with Crippen molar-refractivity contribution in [3.05, 3.63) is 40.3 Å². The lowest BCUT2D eigenvalue weighted by atomic mass is 10.1. The van der Waals surface area contributed by atoms with Crippen LogP contribution in [0, 0.1) is 0 Å². The van der Waals surface area contributed by atoms with Crippen LogP contribution >= 0.6 is 21.6 Å². The van der Waals surface area contributed by atoms with Gasteiger partial charge in [-0.2, -0.15) is 0 Å². The highest BCUT2D eigenvalue weighted by Crippen LogP contribution is 2.27. The normalized spacial score (nSPS) is 12.5. The highest BCUT2D eigenvalue weighted by atomic mass is 33.1. The fourth-order valence-electron chi connectivity index (χ4n) is 1.98. The Hall–Kier alpha value is -2.07. The number of carbonyl (C=O) groups is 2. The van der Waals surface area contributed by atoms with E-state index in [1.807, 2.05) is 6.26 Å². The van der Waals surface area contributed by atoms with E-state index in [1.165, 1.54) is 21.6 Å². The van der Waals surface area contributed by atoms with E-state index >= 15 is 0 Å². The average Bonchev–Trinajstić information content (AvgIpc) is 2.63. The van der Waals surface area contributed by atoms with Gasteiger partial charge >= 0.3 is 12.1 Å². The summed E-state index contributed by atoms with van der Waals surface area (Å²) in [6.45, 7) is 0.305. The molecule has 1 rings (SSSR count). The van der Waals surface area contributed by atoms with Crippen LogP contribution in [-0.4, -0.2) is 41.3 Å². The summed E-state index contributed by atoms with van der Waals surface area (Å²) < 4.78 is 5.14. The van der Waals surface area contributed by atoms with Gasteiger partial charge in [0.1, 0.15) is 12.6 Å². The predicted molar refractivity (Wildman–Crippen MR) is 103 cm³/mol. The number of ether oxygens (including phenoxy) is 1. The van der Waals surface area contributed by atoms with Crippen molar-refractivity contribution in [3.8, 4) is 0 Å². The molecule has 11 heteroatoms. The number of aliphatic carboxylic acids is 1. The number of carboxylic acid groups (broad SMARTS) is 1. The Bertz CT molecular complexity index is 655. The van der Waals surface area contributed by atoms with Crippen molar-refractivity contribution in [3.63, 3.8) is 0 Å². The van der Waals surface area contributed by atoms with Crippen molar-refractivity contribution < 1.29 is 19.4 Å². The molecule has 142 valence electrons. The van der Waals surface area contributed by atoms with Gasteiger partial charge in [0, 0.05) is 22.4 Å². The van der Waals surface area contributed by atoms with Crippen LogP contribution in [0.3, 0.4) is 0 Å². The molecule has 1 amide bonds. The number of nitrogens with zero attached hydrogens (tertiary/aromatic N) is 3. The minimum atomic E-state index is -1.04. The minimum Gasteiger partial charge on any atom is -0.480 e. The number of hydrogen-bond donors (Lipinski definition) is 3. The zero-order valence-electron chi connectivity index (χ0n) is 14.2. The molecule has 2 unspecified atom stereocenters. The zero-order chi connectivity index (χ0) is 19.4. The number of rotatable bonds is 11. The molecule has 0 bridgehead atoms. The van der Waals surface area contributed by atoms with Gasteiger partial charge < -0.3 is 20.9 Å². The van der Waals surface area contributed by atoms with Crippen molar-refractivity contribution in [2.24, 2.45) is 10.8 Å². The Morgan fingerprint density at radius 3 is 2.81 bits per heavy atom. The number of alkyl carbamates (subject to hydrolysis) is 1. The first kappa shape index (κ1) is 22.0. The Morgan fingerprint density at radius 2 is 2.15 bits per heavy atom. The van der Waals surface area contributed by atoms with Gasteiger partial charge in [0.15, 0.2) is 0 Å². The first-order valence-corrected chi connectivity index (χ1v) is 10.3. The molecule has 26 heavy (non-hydrogen) atoms. The summed E-state index contributed by atoms with van der Waals surface area (Å²) >= 11 is 0. The average molecular weight is 399 g/mol. The quantitative estimate of drug-likeness (QED) is 0.223. The van der Waals surface area contributed by atoms with Crippen LogP contribution in [0.2, 0.25) is 0 Å². The third-order valence-electron chi connectivity index (χ3n) is 3.33. The van der Waals surface area contributed by atoms with Crippen LogP contribution in [0.1, 0.15) is 18.4 Å². The molecule has 9 nitrogen and oxygen atoms in total. The number of azide groups is 1. The minimum absolute atomic E-state index is 0.0124. The van der Waals surface area contributed by atoms with Gasteiger partial charge in [0.25, 0.3) is 0 Å². The fraction of sp³-hybridized carbons (Fsp3) is 0.467. The van der Waals surface area contributed by atoms with Crippen molar-refractivity contribution in [2.75, 3.05) is 12.8 Å². The van der Waals surface area contributed by atoms with Crippen molar-refractivity contribution in [1.29, 1.82) is 0 Å². The monoisotopic (exact) mass is 399 g/mol. The lowest BCUT2D eigenvalue weighted by Crippen LogP contribution is -2.34. The molecule has 1 aromatic carbocycles. The van der Waals surface area contributed by atoms with Gasteiger partial charge in [0.05, 0.1) is 0 Å². The van der Waals surface area contributed by atoms with Crippen molar-refractivity contribution in [1.82, 2.24) is 5.32 Å². The van der Waals surface area contributed by atoms with Crippen LogP contribution in [0.25, 0.3) is 10.4 Å². The second kappa shape index (κ2) is 12.3. The lowest BCUT2D eigenvalue weighted by Gasteiger charge is -2.17. The van der Waals surface area contributed by atoms with Crippen LogP contribution in [0.15, 0.2) is 29.4 Å². The Balaban J connectivity index is 2.45. The molecule has 0 saturated carbocycles. The lowest BCUT2D eigenvalue weighted by molar-refractivity contribution is -0.138. The molecular formula is C15H21N5O4S2. The molecule has 4 N–H and O–H groups in total. The number of carbonyl (C=O) groups excluding carboxylic acids is 1. The highest BCUT2D eigenvalue weighted by molar-refractivity contribution is 8.76. The Morgan fingerprint density at radius 1 is 1.42 bits per heavy atom. The van der Waals surface area contributed by atoms with Gasteiger partial charge in [-0.3, -0.25) is 4.79 Å². The molecule has 0 aromatic heterocycles. The van der Waals surface area contributed by atoms with Gasteiger partial charge in [0.2, 0.25) is 0 Å². The SMILES string of the molecule is CSSC(CCC(N)C(=O)O)CNC(=O)OCc1ccccc1N=[N+]=[N-]. The molecule has 0 radical (unpaired) electrons. The van der Waals surface area contributed by atoms with E-state index in [2.05, 4.69) is 15.3 Å². The summed E-state index contributed by atoms with van der Waals surface area (Å²) in [5, 5.41) is 15.0. The van der Waals surface area contributed by atoms with Gasteiger partial charge in [-0.15, -0.1) is 0 Å². The zero-order valence-corrected chi connectivity index (χ0v) is 15.8. The Kier molecular flexibility index (Phi) is 10.4. The topological polar surface area (TPSA) is 150 Å². The molecule has 0 fully saturated rings. The van der Waals surface area contributed by atoms with E-state index in [1.54, 1.807) is 24.3 Å². The number of amides is 1. The van der Waals surface area contributed by atoms with Crippen LogP contribution in [0.5, 0.6) is 0 Å². The van der Waals surface area contributed by atoms with E-state index in [0.29, 0.717) is 30.6 Å². The molecule has 0 aliphatic carbocycles. The summed E-state index contributed by atoms with van der Waals surface area (Å²) in [5.41, 5.74) is 15.0. The maximum atomic E-state index is 11.9. The third-order valence-corrected chi connectivity index (χ3v) is 5.59. The molecule has 0 aliphatic rings. The van der Waals surface area contributed by atoms with E-state index < -0.39 is 18.1 Å². The fourth-order valence-corrected chi connectivity index (χ4v) is 3.94. The summed E-state index contributed by atoms with van der Waals surface area (Å²) in [4.78, 5) is 25.4. The second-order valence-corrected chi connectivity index (χ2v) is 7.95. The molecule has 0 saturated heterocycles. The number of carboxylic acids is 1. The summed E-state index contributed by atoms with van der Waals surface area (Å²) in [6, 6.07) is 5.90. The standard InChI is InChI=1S/C15H21N5O4S2/c1-25-26-11(6-7-12(16)14(21)22)8-18-15(23)24-9-10-4-2-3-5-13(10)19-20-17/h2-5,11-12H,6-9,16H2,1H3,(H,18,23)(H,21,22). The molecule has 0 heterocycles. The van der Waals surface area contributed by atoms with Gasteiger partial charge in [-0.05, 0) is 30.2 Å². The molecular weight excluding hydrogens is 378 g/mol. The number of nitrogens with one attached hydrogen (secondary N) is 1. The van der Waals surface area contributed by atoms with E-state index in [-0.39, 0.29) is 11.9 Å². The Labute approximate surface area is 159 Å². The summed E-state index contributed by atoms with van der Waals surface area (Å²) in [5.74, 6) is -1.04. The van der Waals surface area contributed by atoms with Crippen LogP contribution in [0.4, 0.5) is 10.5 Å². The predicted octanol–water partition coefficient (Wildman–Crippen LogP) is 3.43. The largest absolute Gasteiger partial charge is 0.480 e. The third kappa shape index (κ3) is 8.34. The second-order valence-electron chi connectivity index (χ2n) is 5.18. The number of hydrogen-bond acceptors (Lipinski definition) is 7. The molecule has 2 atom stereocenters. The number of benzene rings is 1. The maximum Gasteiger partial charge on any atom is 0.407 e. The first-order chi connectivity index (χ1) is 12.5. The smallest absolute Gasteiger partial charge is 0.407 e. The first-order valence-electron chi connectivity index (χ1n) is 7.69. The van der Waals surface area contributed by atoms with Gasteiger partial charge in [-0.25, -0.2) is 4.79 Å². The molecule has 0 spiro atoms. The van der Waals surface area contributed by atoms with E-state index in [0.717, 1.165) is 0 Å². The molecule has 0 aliphatic heterocycles. The van der Waals surface area contributed by atoms with E-state index in [9.17, 15) is 9.59 Å². The van der Waals surface area contributed by atoms with Gasteiger partial charge in [-0.1, -0.05) is 51.0 Å². The number of nitrogens with two attached hydrogens (primary N) is 1. The maximum absolute atomic E-state index is 11.9. The summed E-state index contributed by atoms with van der Waals surface area (Å²) in [7, 11) is 3.07. The van der Waals surface area contributed by atoms with Crippen molar-refractivity contribution >= 4 is 39.3 Å².